The second kappa shape index (κ2) is 5.48. The van der Waals surface area contributed by atoms with Crippen LogP contribution in [-0.2, 0) is 13.0 Å². The highest BCUT2D eigenvalue weighted by molar-refractivity contribution is 5.02. The number of nitrogens with zero attached hydrogens (tertiary/aromatic N) is 2. The van der Waals surface area contributed by atoms with Crippen molar-refractivity contribution in [1.82, 2.24) is 14.9 Å². The molecule has 1 aliphatic rings. The van der Waals surface area contributed by atoms with E-state index in [9.17, 15) is 0 Å². The smallest absolute Gasteiger partial charge is 0.0948 e. The van der Waals surface area contributed by atoms with Crippen LogP contribution in [0.5, 0.6) is 0 Å². The van der Waals surface area contributed by atoms with Crippen LogP contribution in [0.4, 0.5) is 0 Å². The SMILES string of the molecule is CC(C)Cn1cncc1CC1CCCCN1. The van der Waals surface area contributed by atoms with E-state index >= 15 is 0 Å². The predicted molar refractivity (Wildman–Crippen MR) is 66.4 cm³/mol. The third-order valence-electron chi connectivity index (χ3n) is 3.23. The lowest BCUT2D eigenvalue weighted by atomic mass is 10.0. The second-order valence-corrected chi connectivity index (χ2v) is 5.28. The van der Waals surface area contributed by atoms with Gasteiger partial charge in [-0.05, 0) is 25.3 Å². The first kappa shape index (κ1) is 11.6. The first-order valence-electron chi connectivity index (χ1n) is 6.48. The number of piperidine rings is 1. The predicted octanol–water partition coefficient (Wildman–Crippen LogP) is 2.22. The monoisotopic (exact) mass is 221 g/mol. The number of hydrogen-bond acceptors (Lipinski definition) is 2. The first-order valence-corrected chi connectivity index (χ1v) is 6.48. The Hall–Kier alpha value is -0.830. The molecular formula is C13H23N3. The Morgan fingerprint density at radius 1 is 1.50 bits per heavy atom. The van der Waals surface area contributed by atoms with Crippen LogP contribution in [0.2, 0.25) is 0 Å². The maximum Gasteiger partial charge on any atom is 0.0948 e. The van der Waals surface area contributed by atoms with Gasteiger partial charge in [0.1, 0.15) is 0 Å². The lowest BCUT2D eigenvalue weighted by Crippen LogP contribution is -2.36. The molecule has 0 saturated carbocycles. The van der Waals surface area contributed by atoms with E-state index < -0.39 is 0 Å². The quantitative estimate of drug-likeness (QED) is 0.845. The molecule has 0 bridgehead atoms. The Morgan fingerprint density at radius 2 is 2.38 bits per heavy atom. The maximum atomic E-state index is 4.28. The van der Waals surface area contributed by atoms with E-state index in [1.165, 1.54) is 31.5 Å². The van der Waals surface area contributed by atoms with Crippen molar-refractivity contribution in [3.05, 3.63) is 18.2 Å². The number of aromatic nitrogens is 2. The van der Waals surface area contributed by atoms with Gasteiger partial charge in [-0.2, -0.15) is 0 Å². The van der Waals surface area contributed by atoms with Crippen LogP contribution >= 0.6 is 0 Å². The van der Waals surface area contributed by atoms with Gasteiger partial charge in [0.25, 0.3) is 0 Å². The molecule has 3 nitrogen and oxygen atoms in total. The van der Waals surface area contributed by atoms with E-state index in [2.05, 4.69) is 28.7 Å². The van der Waals surface area contributed by atoms with Crippen molar-refractivity contribution >= 4 is 0 Å². The molecule has 1 fully saturated rings. The third kappa shape index (κ3) is 3.08. The van der Waals surface area contributed by atoms with Crippen LogP contribution < -0.4 is 5.32 Å². The number of nitrogens with one attached hydrogen (secondary N) is 1. The summed E-state index contributed by atoms with van der Waals surface area (Å²) in [6.45, 7) is 6.77. The molecule has 0 spiro atoms. The largest absolute Gasteiger partial charge is 0.334 e. The molecule has 1 unspecified atom stereocenters. The summed E-state index contributed by atoms with van der Waals surface area (Å²) in [5.74, 6) is 0.687. The minimum atomic E-state index is 0.663. The molecule has 0 aromatic carbocycles. The molecule has 1 aliphatic heterocycles. The van der Waals surface area contributed by atoms with Gasteiger partial charge in [0.05, 0.1) is 6.33 Å². The zero-order valence-corrected chi connectivity index (χ0v) is 10.4. The zero-order chi connectivity index (χ0) is 11.4. The van der Waals surface area contributed by atoms with Crippen molar-refractivity contribution in [1.29, 1.82) is 0 Å². The van der Waals surface area contributed by atoms with Crippen LogP contribution in [0.1, 0.15) is 38.8 Å². The molecule has 0 aliphatic carbocycles. The average molecular weight is 221 g/mol. The fourth-order valence-corrected chi connectivity index (χ4v) is 2.43. The third-order valence-corrected chi connectivity index (χ3v) is 3.23. The number of imidazole rings is 1. The van der Waals surface area contributed by atoms with Gasteiger partial charge in [0.2, 0.25) is 0 Å². The van der Waals surface area contributed by atoms with E-state index in [-0.39, 0.29) is 0 Å². The molecule has 16 heavy (non-hydrogen) atoms. The van der Waals surface area contributed by atoms with E-state index in [4.69, 9.17) is 0 Å². The second-order valence-electron chi connectivity index (χ2n) is 5.28. The minimum Gasteiger partial charge on any atom is -0.334 e. The molecule has 1 saturated heterocycles. The molecule has 1 aromatic heterocycles. The van der Waals surface area contributed by atoms with Crippen LogP contribution in [-0.4, -0.2) is 22.1 Å². The normalized spacial score (nSPS) is 21.6. The average Bonchev–Trinajstić information content (AvgIpc) is 2.66. The van der Waals surface area contributed by atoms with E-state index in [1.807, 2.05) is 12.5 Å². The lowest BCUT2D eigenvalue weighted by Gasteiger charge is -2.24. The molecule has 2 rings (SSSR count). The highest BCUT2D eigenvalue weighted by atomic mass is 15.1. The van der Waals surface area contributed by atoms with Crippen molar-refractivity contribution in [2.45, 2.75) is 52.1 Å². The van der Waals surface area contributed by atoms with Gasteiger partial charge in [0, 0.05) is 30.9 Å². The van der Waals surface area contributed by atoms with Crippen molar-refractivity contribution in [3.63, 3.8) is 0 Å². The topological polar surface area (TPSA) is 29.9 Å². The van der Waals surface area contributed by atoms with Gasteiger partial charge in [0.15, 0.2) is 0 Å². The van der Waals surface area contributed by atoms with E-state index in [0.717, 1.165) is 13.0 Å². The van der Waals surface area contributed by atoms with Crippen LogP contribution in [0.3, 0.4) is 0 Å². The van der Waals surface area contributed by atoms with Gasteiger partial charge in [-0.3, -0.25) is 0 Å². The number of rotatable bonds is 4. The molecular weight excluding hydrogens is 198 g/mol. The van der Waals surface area contributed by atoms with Crippen molar-refractivity contribution in [3.8, 4) is 0 Å². The van der Waals surface area contributed by atoms with Gasteiger partial charge < -0.3 is 9.88 Å². The Morgan fingerprint density at radius 3 is 3.06 bits per heavy atom. The van der Waals surface area contributed by atoms with Gasteiger partial charge >= 0.3 is 0 Å². The molecule has 2 heterocycles. The maximum absolute atomic E-state index is 4.28. The summed E-state index contributed by atoms with van der Waals surface area (Å²) in [6.07, 6.45) is 9.15. The fourth-order valence-electron chi connectivity index (χ4n) is 2.43. The fraction of sp³-hybridized carbons (Fsp3) is 0.769. The summed E-state index contributed by atoms with van der Waals surface area (Å²) in [6, 6.07) is 0.663. The minimum absolute atomic E-state index is 0.663. The van der Waals surface area contributed by atoms with E-state index in [1.54, 1.807) is 0 Å². The zero-order valence-electron chi connectivity index (χ0n) is 10.4. The summed E-state index contributed by atoms with van der Waals surface area (Å²) in [5.41, 5.74) is 1.38. The molecule has 0 radical (unpaired) electrons. The standard InChI is InChI=1S/C13H23N3/c1-11(2)9-16-10-14-8-13(16)7-12-5-3-4-6-15-12/h8,10-12,15H,3-7,9H2,1-2H3. The van der Waals surface area contributed by atoms with Crippen LogP contribution in [0, 0.1) is 5.92 Å². The Labute approximate surface area is 98.3 Å². The molecule has 1 atom stereocenters. The Balaban J connectivity index is 1.94. The Kier molecular flexibility index (Phi) is 3.99. The highest BCUT2D eigenvalue weighted by Crippen LogP contribution is 2.13. The summed E-state index contributed by atoms with van der Waals surface area (Å²) in [5, 5.41) is 3.60. The summed E-state index contributed by atoms with van der Waals surface area (Å²) in [7, 11) is 0. The van der Waals surface area contributed by atoms with E-state index in [0.29, 0.717) is 12.0 Å². The number of hydrogen-bond donors (Lipinski definition) is 1. The molecule has 90 valence electrons. The first-order chi connectivity index (χ1) is 7.75. The summed E-state index contributed by atoms with van der Waals surface area (Å²) < 4.78 is 2.31. The summed E-state index contributed by atoms with van der Waals surface area (Å²) in [4.78, 5) is 4.28. The molecule has 1 N–H and O–H groups in total. The Bertz CT molecular complexity index is 311. The van der Waals surface area contributed by atoms with Gasteiger partial charge in [-0.1, -0.05) is 20.3 Å². The van der Waals surface area contributed by atoms with Gasteiger partial charge in [-0.25, -0.2) is 4.98 Å². The molecule has 0 amide bonds. The van der Waals surface area contributed by atoms with Gasteiger partial charge in [-0.15, -0.1) is 0 Å². The summed E-state index contributed by atoms with van der Waals surface area (Å²) >= 11 is 0. The molecule has 3 heteroatoms. The van der Waals surface area contributed by atoms with Crippen LogP contribution in [0.15, 0.2) is 12.5 Å². The lowest BCUT2D eigenvalue weighted by molar-refractivity contribution is 0.389. The van der Waals surface area contributed by atoms with Crippen molar-refractivity contribution in [2.75, 3.05) is 6.54 Å². The molecule has 1 aromatic rings. The van der Waals surface area contributed by atoms with Crippen molar-refractivity contribution < 1.29 is 0 Å². The highest BCUT2D eigenvalue weighted by Gasteiger charge is 2.15. The van der Waals surface area contributed by atoms with Crippen molar-refractivity contribution in [2.24, 2.45) is 5.92 Å². The van der Waals surface area contributed by atoms with Crippen LogP contribution in [0.25, 0.3) is 0 Å².